The van der Waals surface area contributed by atoms with Gasteiger partial charge in [0.05, 0.1) is 24.4 Å². The topological polar surface area (TPSA) is 61.5 Å². The predicted molar refractivity (Wildman–Crippen MR) is 94.1 cm³/mol. The first-order chi connectivity index (χ1) is 12.2. The van der Waals surface area contributed by atoms with Crippen LogP contribution in [0.15, 0.2) is 42.7 Å². The molecule has 2 aliphatic rings. The summed E-state index contributed by atoms with van der Waals surface area (Å²) in [6, 6.07) is 10.0. The second-order valence-corrected chi connectivity index (χ2v) is 7.15. The van der Waals surface area contributed by atoms with Crippen LogP contribution in [0.3, 0.4) is 0 Å². The lowest BCUT2D eigenvalue weighted by molar-refractivity contribution is 0.0107. The van der Waals surface area contributed by atoms with Crippen molar-refractivity contribution >= 4 is 5.91 Å². The van der Waals surface area contributed by atoms with E-state index in [4.69, 9.17) is 4.74 Å². The molecule has 4 rings (SSSR count). The van der Waals surface area contributed by atoms with Gasteiger partial charge in [0, 0.05) is 31.5 Å². The highest BCUT2D eigenvalue weighted by Crippen LogP contribution is 2.37. The van der Waals surface area contributed by atoms with Gasteiger partial charge in [0.1, 0.15) is 5.69 Å². The van der Waals surface area contributed by atoms with Crippen molar-refractivity contribution in [3.63, 3.8) is 0 Å². The highest BCUT2D eigenvalue weighted by Gasteiger charge is 2.47. The molecular weight excluding hydrogens is 316 g/mol. The van der Waals surface area contributed by atoms with Crippen LogP contribution in [0.5, 0.6) is 0 Å². The summed E-state index contributed by atoms with van der Waals surface area (Å²) in [4.78, 5) is 24.2. The first-order valence-corrected chi connectivity index (χ1v) is 8.82. The molecular formula is C19H24N4O2. The van der Waals surface area contributed by atoms with E-state index in [0.717, 1.165) is 31.6 Å². The van der Waals surface area contributed by atoms with Gasteiger partial charge < -0.3 is 14.6 Å². The number of H-pyrrole nitrogens is 1. The number of hydrogen-bond donors (Lipinski definition) is 1. The van der Waals surface area contributed by atoms with Crippen molar-refractivity contribution < 1.29 is 9.53 Å². The molecule has 1 N–H and O–H groups in total. The molecule has 0 bridgehead atoms. The summed E-state index contributed by atoms with van der Waals surface area (Å²) in [5.41, 5.74) is 1.53. The molecule has 1 spiro atoms. The minimum atomic E-state index is -0.189. The number of aromatic nitrogens is 2. The van der Waals surface area contributed by atoms with Gasteiger partial charge in [-0.15, -0.1) is 0 Å². The monoisotopic (exact) mass is 340 g/mol. The first kappa shape index (κ1) is 16.3. The summed E-state index contributed by atoms with van der Waals surface area (Å²) >= 11 is 0. The Morgan fingerprint density at radius 2 is 2.36 bits per heavy atom. The lowest BCUT2D eigenvalue weighted by Gasteiger charge is -2.25. The molecule has 1 amide bonds. The standard InChI is InChI=1S/C19H24N4O2/c1-22(12-15-5-2-3-8-20-15)16-11-19(25-13-16)7-10-23(14-19)18(24)17-6-4-9-21-17/h2-6,8-9,16,21H,7,10-14H2,1H3. The molecule has 0 aromatic carbocycles. The zero-order valence-electron chi connectivity index (χ0n) is 14.5. The van der Waals surface area contributed by atoms with Crippen LogP contribution in [0, 0.1) is 0 Å². The Hall–Kier alpha value is -2.18. The molecule has 2 aromatic heterocycles. The quantitative estimate of drug-likeness (QED) is 0.924. The van der Waals surface area contributed by atoms with Crippen LogP contribution in [0.25, 0.3) is 0 Å². The van der Waals surface area contributed by atoms with Gasteiger partial charge in [-0.05, 0) is 44.2 Å². The van der Waals surface area contributed by atoms with Crippen LogP contribution >= 0.6 is 0 Å². The van der Waals surface area contributed by atoms with Crippen LogP contribution in [0.2, 0.25) is 0 Å². The average molecular weight is 340 g/mol. The number of nitrogens with one attached hydrogen (secondary N) is 1. The number of nitrogens with zero attached hydrogens (tertiary/aromatic N) is 3. The third-order valence-electron chi connectivity index (χ3n) is 5.38. The summed E-state index contributed by atoms with van der Waals surface area (Å²) in [6.07, 6.45) is 5.49. The van der Waals surface area contributed by atoms with E-state index in [9.17, 15) is 4.79 Å². The number of ether oxygens (including phenoxy) is 1. The lowest BCUT2D eigenvalue weighted by atomic mass is 9.96. The summed E-state index contributed by atoms with van der Waals surface area (Å²) in [6.45, 7) is 2.97. The SMILES string of the molecule is CN(Cc1ccccn1)C1COC2(CCN(C(=O)c3ccc[nH]3)C2)C1. The van der Waals surface area contributed by atoms with E-state index in [2.05, 4.69) is 28.0 Å². The molecule has 2 atom stereocenters. The molecule has 132 valence electrons. The van der Waals surface area contributed by atoms with E-state index >= 15 is 0 Å². The maximum Gasteiger partial charge on any atom is 0.270 e. The molecule has 2 aliphatic heterocycles. The normalized spacial score (nSPS) is 26.0. The van der Waals surface area contributed by atoms with Crippen molar-refractivity contribution in [3.8, 4) is 0 Å². The molecule has 0 aliphatic carbocycles. The van der Waals surface area contributed by atoms with Gasteiger partial charge in [0.2, 0.25) is 0 Å². The van der Waals surface area contributed by atoms with Crippen molar-refractivity contribution in [2.24, 2.45) is 0 Å². The molecule has 0 radical (unpaired) electrons. The second kappa shape index (κ2) is 6.61. The minimum absolute atomic E-state index is 0.0655. The zero-order chi connectivity index (χ0) is 17.3. The van der Waals surface area contributed by atoms with E-state index in [-0.39, 0.29) is 11.5 Å². The molecule has 6 nitrogen and oxygen atoms in total. The highest BCUT2D eigenvalue weighted by atomic mass is 16.5. The summed E-state index contributed by atoms with van der Waals surface area (Å²) < 4.78 is 6.20. The number of aromatic amines is 1. The van der Waals surface area contributed by atoms with E-state index in [1.165, 1.54) is 0 Å². The Balaban J connectivity index is 1.36. The molecule has 2 saturated heterocycles. The first-order valence-electron chi connectivity index (χ1n) is 8.82. The van der Waals surface area contributed by atoms with E-state index in [1.807, 2.05) is 35.4 Å². The van der Waals surface area contributed by atoms with Gasteiger partial charge in [0.25, 0.3) is 5.91 Å². The predicted octanol–water partition coefficient (Wildman–Crippen LogP) is 1.92. The number of carbonyl (C=O) groups excluding carboxylic acids is 1. The van der Waals surface area contributed by atoms with Gasteiger partial charge in [-0.2, -0.15) is 0 Å². The van der Waals surface area contributed by atoms with Gasteiger partial charge in [-0.1, -0.05) is 6.07 Å². The van der Waals surface area contributed by atoms with E-state index in [0.29, 0.717) is 24.9 Å². The largest absolute Gasteiger partial charge is 0.371 e. The Morgan fingerprint density at radius 3 is 3.12 bits per heavy atom. The molecule has 6 heteroatoms. The Labute approximate surface area is 147 Å². The van der Waals surface area contributed by atoms with Crippen LogP contribution in [-0.2, 0) is 11.3 Å². The number of rotatable bonds is 4. The maximum absolute atomic E-state index is 12.5. The number of carbonyl (C=O) groups is 1. The van der Waals surface area contributed by atoms with Gasteiger partial charge in [-0.25, -0.2) is 0 Å². The van der Waals surface area contributed by atoms with Crippen molar-refractivity contribution in [1.29, 1.82) is 0 Å². The van der Waals surface area contributed by atoms with Crippen LogP contribution in [-0.4, -0.2) is 64.1 Å². The van der Waals surface area contributed by atoms with Crippen molar-refractivity contribution in [1.82, 2.24) is 19.8 Å². The average Bonchev–Trinajstić information content (AvgIpc) is 3.37. The van der Waals surface area contributed by atoms with Crippen molar-refractivity contribution in [2.45, 2.75) is 31.0 Å². The smallest absolute Gasteiger partial charge is 0.270 e. The molecule has 0 saturated carbocycles. The third-order valence-corrected chi connectivity index (χ3v) is 5.38. The Kier molecular flexibility index (Phi) is 4.31. The fourth-order valence-electron chi connectivity index (χ4n) is 3.92. The van der Waals surface area contributed by atoms with Crippen molar-refractivity contribution in [2.75, 3.05) is 26.7 Å². The molecule has 2 fully saturated rings. The van der Waals surface area contributed by atoms with Gasteiger partial charge >= 0.3 is 0 Å². The van der Waals surface area contributed by atoms with Crippen LogP contribution < -0.4 is 0 Å². The summed E-state index contributed by atoms with van der Waals surface area (Å²) in [5.74, 6) is 0.0655. The highest BCUT2D eigenvalue weighted by molar-refractivity contribution is 5.92. The third kappa shape index (κ3) is 3.32. The Morgan fingerprint density at radius 1 is 1.44 bits per heavy atom. The Bertz CT molecular complexity index is 718. The fourth-order valence-corrected chi connectivity index (χ4v) is 3.92. The molecule has 2 unspecified atom stereocenters. The number of amides is 1. The number of hydrogen-bond acceptors (Lipinski definition) is 4. The molecule has 2 aromatic rings. The van der Waals surface area contributed by atoms with E-state index in [1.54, 1.807) is 6.20 Å². The minimum Gasteiger partial charge on any atom is -0.371 e. The zero-order valence-corrected chi connectivity index (χ0v) is 14.5. The van der Waals surface area contributed by atoms with E-state index < -0.39 is 0 Å². The van der Waals surface area contributed by atoms with Gasteiger partial charge in [0.15, 0.2) is 0 Å². The summed E-state index contributed by atoms with van der Waals surface area (Å²) in [5, 5.41) is 0. The number of pyridine rings is 1. The van der Waals surface area contributed by atoms with Crippen LogP contribution in [0.4, 0.5) is 0 Å². The second-order valence-electron chi connectivity index (χ2n) is 7.15. The lowest BCUT2D eigenvalue weighted by Crippen LogP contribution is -2.37. The fraction of sp³-hybridized carbons (Fsp3) is 0.474. The van der Waals surface area contributed by atoms with Gasteiger partial charge in [-0.3, -0.25) is 14.7 Å². The van der Waals surface area contributed by atoms with Crippen LogP contribution in [0.1, 0.15) is 29.0 Å². The number of likely N-dealkylation sites (N-methyl/N-ethyl adjacent to an activating group) is 1. The number of likely N-dealkylation sites (tertiary alicyclic amines) is 1. The maximum atomic E-state index is 12.5. The molecule has 25 heavy (non-hydrogen) atoms. The molecule has 4 heterocycles. The summed E-state index contributed by atoms with van der Waals surface area (Å²) in [7, 11) is 2.12. The van der Waals surface area contributed by atoms with Crippen molar-refractivity contribution in [3.05, 3.63) is 54.1 Å².